The molecule has 4 aromatic rings. The van der Waals surface area contributed by atoms with E-state index >= 15 is 0 Å². The zero-order valence-corrected chi connectivity index (χ0v) is 29.3. The minimum atomic E-state index is -4.16. The number of unbranched alkanes of at least 4 members (excludes halogenated alkanes) is 1. The largest absolute Gasteiger partial charge is 0.354 e. The number of nitrogens with one attached hydrogen (secondary N) is 1. The van der Waals surface area contributed by atoms with E-state index in [0.29, 0.717) is 17.8 Å². The maximum atomic E-state index is 14.6. The van der Waals surface area contributed by atoms with Crippen molar-refractivity contribution in [1.82, 2.24) is 10.2 Å². The summed E-state index contributed by atoms with van der Waals surface area (Å²) in [5, 5.41) is 3.03. The molecule has 7 nitrogen and oxygen atoms in total. The fraction of sp³-hybridized carbons (Fsp3) is 0.297. The van der Waals surface area contributed by atoms with Gasteiger partial charge in [-0.1, -0.05) is 102 Å². The van der Waals surface area contributed by atoms with E-state index in [1.165, 1.54) is 9.21 Å². The summed E-state index contributed by atoms with van der Waals surface area (Å²) in [6.45, 7) is 7.76. The number of hydrogen-bond donors (Lipinski definition) is 1. The van der Waals surface area contributed by atoms with Gasteiger partial charge in [-0.15, -0.1) is 0 Å². The van der Waals surface area contributed by atoms with Crippen molar-refractivity contribution in [2.75, 3.05) is 17.4 Å². The Morgan fingerprint density at radius 3 is 2.17 bits per heavy atom. The Bertz CT molecular complexity index is 1740. The zero-order valence-electron chi connectivity index (χ0n) is 26.9. The van der Waals surface area contributed by atoms with Crippen LogP contribution in [0.15, 0.2) is 106 Å². The molecule has 0 saturated heterocycles. The van der Waals surface area contributed by atoms with Crippen LogP contribution >= 0.6 is 15.9 Å². The van der Waals surface area contributed by atoms with Crippen molar-refractivity contribution in [2.45, 2.75) is 64.4 Å². The van der Waals surface area contributed by atoms with Crippen LogP contribution in [0.5, 0.6) is 0 Å². The topological polar surface area (TPSA) is 86.8 Å². The smallest absolute Gasteiger partial charge is 0.264 e. The van der Waals surface area contributed by atoms with Crippen LogP contribution in [0, 0.1) is 20.8 Å². The molecule has 1 N–H and O–H groups in total. The van der Waals surface area contributed by atoms with Crippen LogP contribution in [0.25, 0.3) is 0 Å². The molecular weight excluding hydrogens is 662 g/mol. The summed E-state index contributed by atoms with van der Waals surface area (Å²) in [7, 11) is -4.16. The van der Waals surface area contributed by atoms with Gasteiger partial charge >= 0.3 is 0 Å². The van der Waals surface area contributed by atoms with E-state index in [2.05, 4.69) is 21.2 Å². The monoisotopic (exact) mass is 703 g/mol. The van der Waals surface area contributed by atoms with Crippen molar-refractivity contribution >= 4 is 43.5 Å². The van der Waals surface area contributed by atoms with Crippen LogP contribution in [0.2, 0.25) is 0 Å². The molecule has 2 amide bonds. The SMILES string of the molecule is CCCCNC(=O)[C@H](Cc1ccccc1)N(Cc1cccc(Br)c1)C(=O)CN(c1cc(C)ccc1C)S(=O)(=O)c1ccc(C)cc1. The van der Waals surface area contributed by atoms with Crippen LogP contribution in [-0.4, -0.2) is 44.3 Å². The molecule has 4 aromatic carbocycles. The summed E-state index contributed by atoms with van der Waals surface area (Å²) in [6, 6.07) is 28.4. The Kier molecular flexibility index (Phi) is 12.2. The van der Waals surface area contributed by atoms with Crippen molar-refractivity contribution < 1.29 is 18.0 Å². The molecule has 0 aromatic heterocycles. The quantitative estimate of drug-likeness (QED) is 0.142. The fourth-order valence-corrected chi connectivity index (χ4v) is 7.15. The zero-order chi connectivity index (χ0) is 33.3. The highest BCUT2D eigenvalue weighted by Gasteiger charge is 2.35. The van der Waals surface area contributed by atoms with Gasteiger partial charge in [0.25, 0.3) is 10.0 Å². The number of anilines is 1. The molecule has 0 aliphatic rings. The molecule has 0 spiro atoms. The van der Waals surface area contributed by atoms with Gasteiger partial charge < -0.3 is 10.2 Å². The van der Waals surface area contributed by atoms with Gasteiger partial charge in [0.05, 0.1) is 10.6 Å². The lowest BCUT2D eigenvalue weighted by Gasteiger charge is -2.34. The van der Waals surface area contributed by atoms with Gasteiger partial charge in [0.2, 0.25) is 11.8 Å². The molecule has 46 heavy (non-hydrogen) atoms. The number of aryl methyl sites for hydroxylation is 3. The van der Waals surface area contributed by atoms with Gasteiger partial charge in [0.1, 0.15) is 12.6 Å². The third kappa shape index (κ3) is 9.07. The molecule has 4 rings (SSSR count). The Morgan fingerprint density at radius 1 is 0.826 bits per heavy atom. The van der Waals surface area contributed by atoms with Crippen LogP contribution < -0.4 is 9.62 Å². The van der Waals surface area contributed by atoms with Gasteiger partial charge in [-0.05, 0) is 79.8 Å². The number of benzene rings is 4. The molecule has 9 heteroatoms. The Balaban J connectivity index is 1.82. The first-order chi connectivity index (χ1) is 22.0. The molecule has 1 atom stereocenters. The molecule has 0 aliphatic carbocycles. The Morgan fingerprint density at radius 2 is 1.50 bits per heavy atom. The number of carbonyl (C=O) groups is 2. The highest BCUT2D eigenvalue weighted by Crippen LogP contribution is 2.29. The number of hydrogen-bond acceptors (Lipinski definition) is 4. The van der Waals surface area contributed by atoms with E-state index < -0.39 is 28.5 Å². The summed E-state index contributed by atoms with van der Waals surface area (Å²) in [5.74, 6) is -0.761. The van der Waals surface area contributed by atoms with E-state index in [4.69, 9.17) is 0 Å². The molecule has 0 fully saturated rings. The average Bonchev–Trinajstić information content (AvgIpc) is 3.03. The maximum Gasteiger partial charge on any atom is 0.264 e. The highest BCUT2D eigenvalue weighted by molar-refractivity contribution is 9.10. The van der Waals surface area contributed by atoms with Crippen molar-refractivity contribution in [3.8, 4) is 0 Å². The normalized spacial score (nSPS) is 11.9. The lowest BCUT2D eigenvalue weighted by Crippen LogP contribution is -2.53. The first-order valence-corrected chi connectivity index (χ1v) is 17.7. The number of amides is 2. The van der Waals surface area contributed by atoms with E-state index in [1.807, 2.05) is 94.4 Å². The average molecular weight is 705 g/mol. The summed E-state index contributed by atoms with van der Waals surface area (Å²) >= 11 is 3.52. The summed E-state index contributed by atoms with van der Waals surface area (Å²) in [6.07, 6.45) is 1.98. The predicted molar refractivity (Wildman–Crippen MR) is 188 cm³/mol. The second-order valence-electron chi connectivity index (χ2n) is 11.6. The predicted octanol–water partition coefficient (Wildman–Crippen LogP) is 7.13. The van der Waals surface area contributed by atoms with Gasteiger partial charge in [-0.3, -0.25) is 13.9 Å². The molecule has 0 unspecified atom stereocenters. The fourth-order valence-electron chi connectivity index (χ4n) is 5.23. The minimum absolute atomic E-state index is 0.0866. The van der Waals surface area contributed by atoms with Crippen molar-refractivity contribution in [3.05, 3.63) is 129 Å². The lowest BCUT2D eigenvalue weighted by atomic mass is 10.0. The lowest BCUT2D eigenvalue weighted by molar-refractivity contribution is -0.140. The van der Waals surface area contributed by atoms with Crippen LogP contribution in [0.3, 0.4) is 0 Å². The van der Waals surface area contributed by atoms with Crippen molar-refractivity contribution in [2.24, 2.45) is 0 Å². The van der Waals surface area contributed by atoms with Crippen LogP contribution in [0.1, 0.15) is 47.6 Å². The van der Waals surface area contributed by atoms with E-state index in [0.717, 1.165) is 39.6 Å². The van der Waals surface area contributed by atoms with Gasteiger partial charge in [-0.25, -0.2) is 8.42 Å². The third-order valence-electron chi connectivity index (χ3n) is 7.86. The number of rotatable bonds is 14. The Labute approximate surface area is 281 Å². The molecule has 0 saturated carbocycles. The number of carbonyl (C=O) groups excluding carboxylic acids is 2. The van der Waals surface area contributed by atoms with Crippen molar-refractivity contribution in [1.29, 1.82) is 0 Å². The van der Waals surface area contributed by atoms with E-state index in [1.54, 1.807) is 30.3 Å². The second kappa shape index (κ2) is 16.1. The van der Waals surface area contributed by atoms with Crippen LogP contribution in [0.4, 0.5) is 5.69 Å². The summed E-state index contributed by atoms with van der Waals surface area (Å²) in [4.78, 5) is 30.1. The molecule has 242 valence electrons. The van der Waals surface area contributed by atoms with Crippen molar-refractivity contribution in [3.63, 3.8) is 0 Å². The number of sulfonamides is 1. The standard InChI is InChI=1S/C37H42BrN3O4S/c1-5-6-21-39-37(43)35(24-30-11-8-7-9-12-30)40(25-31-13-10-14-32(38)23-31)36(42)26-41(34-22-28(3)15-18-29(34)4)46(44,45)33-19-16-27(2)17-20-33/h7-20,22-23,35H,5-6,21,24-26H2,1-4H3,(H,39,43)/t35-/m0/s1. The molecular formula is C37H42BrN3O4S. The molecule has 0 radical (unpaired) electrons. The van der Waals surface area contributed by atoms with Gasteiger partial charge in [-0.2, -0.15) is 0 Å². The van der Waals surface area contributed by atoms with E-state index in [-0.39, 0.29) is 23.8 Å². The second-order valence-corrected chi connectivity index (χ2v) is 14.4. The maximum absolute atomic E-state index is 14.6. The third-order valence-corrected chi connectivity index (χ3v) is 10.1. The van der Waals surface area contributed by atoms with Gasteiger partial charge in [0, 0.05) is 24.0 Å². The highest BCUT2D eigenvalue weighted by atomic mass is 79.9. The Hall–Kier alpha value is -3.95. The summed E-state index contributed by atoms with van der Waals surface area (Å²) < 4.78 is 30.6. The molecule has 0 aliphatic heterocycles. The molecule has 0 bridgehead atoms. The minimum Gasteiger partial charge on any atom is -0.354 e. The number of halogens is 1. The number of nitrogens with zero attached hydrogens (tertiary/aromatic N) is 2. The first kappa shape index (κ1) is 34.9. The van der Waals surface area contributed by atoms with E-state index in [9.17, 15) is 18.0 Å². The van der Waals surface area contributed by atoms with Crippen LogP contribution in [-0.2, 0) is 32.6 Å². The first-order valence-electron chi connectivity index (χ1n) is 15.5. The molecule has 0 heterocycles. The van der Waals surface area contributed by atoms with Gasteiger partial charge in [0.15, 0.2) is 0 Å². The summed E-state index contributed by atoms with van der Waals surface area (Å²) in [5.41, 5.74) is 4.62.